The van der Waals surface area contributed by atoms with E-state index in [0.29, 0.717) is 0 Å². The van der Waals surface area contributed by atoms with E-state index in [2.05, 4.69) is 58.3 Å². The first-order chi connectivity index (χ1) is 12.1. The summed E-state index contributed by atoms with van der Waals surface area (Å²) in [7, 11) is 0. The Hall–Kier alpha value is -2.66. The van der Waals surface area contributed by atoms with Crippen molar-refractivity contribution < 1.29 is 0 Å². The zero-order valence-electron chi connectivity index (χ0n) is 14.2. The molecule has 5 heteroatoms. The highest BCUT2D eigenvalue weighted by atomic mass is 32.1. The van der Waals surface area contributed by atoms with Crippen LogP contribution in [-0.2, 0) is 0 Å². The number of hydrogen-bond acceptors (Lipinski definition) is 2. The fourth-order valence-corrected chi connectivity index (χ4v) is 3.70. The van der Waals surface area contributed by atoms with Gasteiger partial charge in [0.05, 0.1) is 11.7 Å². The summed E-state index contributed by atoms with van der Waals surface area (Å²) >= 11 is 5.70. The highest BCUT2D eigenvalue weighted by molar-refractivity contribution is 7.80. The van der Waals surface area contributed by atoms with Gasteiger partial charge in [-0.2, -0.15) is 0 Å². The van der Waals surface area contributed by atoms with Crippen molar-refractivity contribution in [3.63, 3.8) is 0 Å². The van der Waals surface area contributed by atoms with Crippen LogP contribution in [0.4, 0.5) is 5.69 Å². The molecule has 0 amide bonds. The molecule has 25 heavy (non-hydrogen) atoms. The summed E-state index contributed by atoms with van der Waals surface area (Å²) in [5, 5.41) is 4.19. The molecular weight excluding hydrogens is 328 g/mol. The smallest absolute Gasteiger partial charge is 0.174 e. The maximum atomic E-state index is 5.70. The van der Waals surface area contributed by atoms with E-state index in [1.54, 1.807) is 0 Å². The molecule has 3 heterocycles. The summed E-state index contributed by atoms with van der Waals surface area (Å²) in [6.45, 7) is 4.25. The van der Waals surface area contributed by atoms with Gasteiger partial charge in [-0.1, -0.05) is 12.1 Å². The lowest BCUT2D eigenvalue weighted by atomic mass is 10.0. The van der Waals surface area contributed by atoms with E-state index >= 15 is 0 Å². The molecule has 0 aliphatic carbocycles. The summed E-state index contributed by atoms with van der Waals surface area (Å²) in [6, 6.07) is 16.6. The highest BCUT2D eigenvalue weighted by Crippen LogP contribution is 2.41. The number of pyridine rings is 1. The van der Waals surface area contributed by atoms with Gasteiger partial charge in [0, 0.05) is 23.8 Å². The fourth-order valence-electron chi connectivity index (χ4n) is 3.35. The van der Waals surface area contributed by atoms with Crippen molar-refractivity contribution in [3.8, 4) is 0 Å². The molecule has 2 aromatic heterocycles. The van der Waals surface area contributed by atoms with E-state index in [0.717, 1.165) is 22.2 Å². The normalized spacial score (nSPS) is 19.9. The second-order valence-electron chi connectivity index (χ2n) is 6.39. The Morgan fingerprint density at radius 3 is 2.60 bits per heavy atom. The van der Waals surface area contributed by atoms with Crippen molar-refractivity contribution in [1.82, 2.24) is 15.3 Å². The first-order valence-electron chi connectivity index (χ1n) is 8.36. The summed E-state index contributed by atoms with van der Waals surface area (Å²) in [6.07, 6.45) is 3.77. The van der Waals surface area contributed by atoms with Crippen LogP contribution in [0.15, 0.2) is 60.9 Å². The topological polar surface area (TPSA) is 44.0 Å². The zero-order chi connectivity index (χ0) is 17.4. The predicted octanol–water partition coefficient (Wildman–Crippen LogP) is 4.20. The van der Waals surface area contributed by atoms with Gasteiger partial charge in [-0.05, 0) is 73.6 Å². The van der Waals surface area contributed by atoms with Crippen molar-refractivity contribution in [2.75, 3.05) is 4.90 Å². The van der Waals surface area contributed by atoms with Gasteiger partial charge in [0.1, 0.15) is 6.04 Å². The lowest BCUT2D eigenvalue weighted by Gasteiger charge is -2.27. The molecule has 0 bridgehead atoms. The third-order valence-corrected chi connectivity index (χ3v) is 5.12. The number of aromatic amines is 1. The average Bonchev–Trinajstić information content (AvgIpc) is 3.25. The van der Waals surface area contributed by atoms with Gasteiger partial charge in [-0.15, -0.1) is 0 Å². The molecular formula is C20H20N4S. The number of H-pyrrole nitrogens is 1. The number of anilines is 1. The molecule has 0 spiro atoms. The Morgan fingerprint density at radius 1 is 1.04 bits per heavy atom. The molecule has 4 nitrogen and oxygen atoms in total. The third-order valence-electron chi connectivity index (χ3n) is 4.81. The zero-order valence-corrected chi connectivity index (χ0v) is 15.0. The largest absolute Gasteiger partial charge is 0.363 e. The number of benzene rings is 1. The van der Waals surface area contributed by atoms with E-state index in [1.165, 1.54) is 11.1 Å². The number of rotatable bonds is 3. The highest BCUT2D eigenvalue weighted by Gasteiger charge is 2.41. The second-order valence-corrected chi connectivity index (χ2v) is 6.78. The Morgan fingerprint density at radius 2 is 1.92 bits per heavy atom. The number of nitrogens with zero attached hydrogens (tertiary/aromatic N) is 2. The first-order valence-corrected chi connectivity index (χ1v) is 8.77. The molecule has 0 unspecified atom stereocenters. The Bertz CT molecular complexity index is 889. The summed E-state index contributed by atoms with van der Waals surface area (Å²) in [5.41, 5.74) is 5.72. The molecule has 3 aromatic rings. The second kappa shape index (κ2) is 6.33. The quantitative estimate of drug-likeness (QED) is 0.696. The molecule has 0 radical (unpaired) electrons. The molecule has 2 N–H and O–H groups in total. The summed E-state index contributed by atoms with van der Waals surface area (Å²) < 4.78 is 0. The standard InChI is InChI=1S/C20H20N4S/c1-13-8-9-15(12-14(13)2)24-19(17-7-5-11-22-17)18(23-20(24)25)16-6-3-4-10-21-16/h3-12,18-19,22H,1-2H3,(H,23,25)/t18-,19-/m0/s1. The molecule has 1 fully saturated rings. The predicted molar refractivity (Wildman–Crippen MR) is 105 cm³/mol. The van der Waals surface area contributed by atoms with Crippen LogP contribution in [0, 0.1) is 13.8 Å². The Kier molecular flexibility index (Phi) is 4.01. The van der Waals surface area contributed by atoms with Gasteiger partial charge >= 0.3 is 0 Å². The van der Waals surface area contributed by atoms with Crippen LogP contribution in [0.3, 0.4) is 0 Å². The van der Waals surface area contributed by atoms with Gasteiger partial charge in [0.25, 0.3) is 0 Å². The Balaban J connectivity index is 1.82. The van der Waals surface area contributed by atoms with Crippen LogP contribution >= 0.6 is 12.2 Å². The van der Waals surface area contributed by atoms with Crippen molar-refractivity contribution in [2.45, 2.75) is 25.9 Å². The van der Waals surface area contributed by atoms with Gasteiger partial charge in [-0.3, -0.25) is 4.98 Å². The van der Waals surface area contributed by atoms with Crippen LogP contribution in [-0.4, -0.2) is 15.1 Å². The molecule has 1 saturated heterocycles. The molecule has 1 aliphatic heterocycles. The molecule has 2 atom stereocenters. The number of aromatic nitrogens is 2. The van der Waals surface area contributed by atoms with Crippen molar-refractivity contribution in [2.24, 2.45) is 0 Å². The first kappa shape index (κ1) is 15.8. The van der Waals surface area contributed by atoms with Gasteiger partial charge < -0.3 is 15.2 Å². The van der Waals surface area contributed by atoms with E-state index in [9.17, 15) is 0 Å². The van der Waals surface area contributed by atoms with Crippen LogP contribution < -0.4 is 10.2 Å². The van der Waals surface area contributed by atoms with Gasteiger partial charge in [-0.25, -0.2) is 0 Å². The summed E-state index contributed by atoms with van der Waals surface area (Å²) in [5.74, 6) is 0. The average molecular weight is 348 g/mol. The van der Waals surface area contributed by atoms with Crippen LogP contribution in [0.2, 0.25) is 0 Å². The third kappa shape index (κ3) is 2.81. The fraction of sp³-hybridized carbons (Fsp3) is 0.200. The van der Waals surface area contributed by atoms with E-state index < -0.39 is 0 Å². The minimum Gasteiger partial charge on any atom is -0.363 e. The lowest BCUT2D eigenvalue weighted by Crippen LogP contribution is -2.29. The van der Waals surface area contributed by atoms with Crippen molar-refractivity contribution in [1.29, 1.82) is 0 Å². The van der Waals surface area contributed by atoms with Gasteiger partial charge in [0.2, 0.25) is 0 Å². The van der Waals surface area contributed by atoms with Crippen molar-refractivity contribution in [3.05, 3.63) is 83.4 Å². The lowest BCUT2D eigenvalue weighted by molar-refractivity contribution is 0.558. The molecule has 126 valence electrons. The van der Waals surface area contributed by atoms with Gasteiger partial charge in [0.15, 0.2) is 5.11 Å². The van der Waals surface area contributed by atoms with E-state index in [1.807, 2.05) is 36.7 Å². The number of nitrogens with one attached hydrogen (secondary N) is 2. The van der Waals surface area contributed by atoms with E-state index in [4.69, 9.17) is 12.2 Å². The minimum atomic E-state index is -0.00559. The number of hydrogen-bond donors (Lipinski definition) is 2. The van der Waals surface area contributed by atoms with Crippen LogP contribution in [0.5, 0.6) is 0 Å². The molecule has 1 aromatic carbocycles. The van der Waals surface area contributed by atoms with Crippen molar-refractivity contribution >= 4 is 23.0 Å². The molecule has 1 aliphatic rings. The Labute approximate surface area is 152 Å². The monoisotopic (exact) mass is 348 g/mol. The van der Waals surface area contributed by atoms with Crippen LogP contribution in [0.1, 0.15) is 34.6 Å². The maximum absolute atomic E-state index is 5.70. The molecule has 0 saturated carbocycles. The maximum Gasteiger partial charge on any atom is 0.174 e. The number of aryl methyl sites for hydroxylation is 2. The molecule has 4 rings (SSSR count). The van der Waals surface area contributed by atoms with E-state index in [-0.39, 0.29) is 12.1 Å². The SMILES string of the molecule is Cc1ccc(N2C(=S)N[C@@H](c3ccccn3)[C@@H]2c2ccc[nH]2)cc1C. The van der Waals surface area contributed by atoms with Crippen LogP contribution in [0.25, 0.3) is 0 Å². The number of thiocarbonyl (C=S) groups is 1. The summed E-state index contributed by atoms with van der Waals surface area (Å²) in [4.78, 5) is 10.1. The minimum absolute atomic E-state index is 0.00559.